The third kappa shape index (κ3) is 3.97. The van der Waals surface area contributed by atoms with Gasteiger partial charge in [0.2, 0.25) is 0 Å². The van der Waals surface area contributed by atoms with Crippen molar-refractivity contribution in [1.82, 2.24) is 0 Å². The fraction of sp³-hybridized carbons (Fsp3) is 0.556. The Hall–Kier alpha value is 0.530. The Labute approximate surface area is 90.9 Å². The van der Waals surface area contributed by atoms with Crippen LogP contribution in [0.4, 0.5) is 0 Å². The molecule has 0 saturated carbocycles. The highest BCUT2D eigenvalue weighted by Gasteiger charge is 1.96. The van der Waals surface area contributed by atoms with Crippen LogP contribution in [0.1, 0.15) is 24.6 Å². The lowest BCUT2D eigenvalue weighted by Crippen LogP contribution is -1.78. The van der Waals surface area contributed by atoms with E-state index in [1.165, 1.54) is 33.0 Å². The van der Waals surface area contributed by atoms with Gasteiger partial charge in [0, 0.05) is 10.6 Å². The monoisotopic (exact) mass is 264 g/mol. The Bertz CT molecular complexity index is 220. The molecule has 1 aromatic rings. The number of hydrogen-bond donors (Lipinski definition) is 0. The first-order valence-corrected chi connectivity index (χ1v) is 6.91. The number of unbranched alkanes of at least 4 members (excludes halogenated alkanes) is 1. The zero-order chi connectivity index (χ0) is 8.81. The molecule has 0 bridgehead atoms. The van der Waals surface area contributed by atoms with Crippen LogP contribution in [0.15, 0.2) is 15.9 Å². The molecule has 12 heavy (non-hydrogen) atoms. The van der Waals surface area contributed by atoms with Crippen molar-refractivity contribution in [1.29, 1.82) is 0 Å². The summed E-state index contributed by atoms with van der Waals surface area (Å²) >= 11 is 7.34. The first-order valence-electron chi connectivity index (χ1n) is 4.15. The van der Waals surface area contributed by atoms with Gasteiger partial charge in [-0.25, -0.2) is 0 Å². The van der Waals surface area contributed by atoms with Crippen molar-refractivity contribution < 1.29 is 0 Å². The molecule has 0 aliphatic carbocycles. The average Bonchev–Trinajstić information content (AvgIpc) is 2.45. The van der Waals surface area contributed by atoms with Crippen molar-refractivity contribution in [2.75, 3.05) is 5.75 Å². The van der Waals surface area contributed by atoms with Crippen LogP contribution >= 0.6 is 39.0 Å². The predicted octanol–water partition coefficient (Wildman–Crippen LogP) is 4.54. The number of thiophene rings is 1. The maximum atomic E-state index is 3.46. The molecule has 0 nitrogen and oxygen atoms in total. The number of thioether (sulfide) groups is 1. The van der Waals surface area contributed by atoms with E-state index in [0.29, 0.717) is 0 Å². The van der Waals surface area contributed by atoms with Crippen LogP contribution in [0, 0.1) is 0 Å². The minimum atomic E-state index is 1.18. The van der Waals surface area contributed by atoms with Crippen molar-refractivity contribution in [2.24, 2.45) is 0 Å². The van der Waals surface area contributed by atoms with E-state index in [9.17, 15) is 0 Å². The number of rotatable bonds is 5. The Morgan fingerprint density at radius 3 is 2.92 bits per heavy atom. The fourth-order valence-electron chi connectivity index (χ4n) is 0.848. The molecule has 0 N–H and O–H groups in total. The normalized spacial score (nSPS) is 10.5. The molecule has 0 atom stereocenters. The first kappa shape index (κ1) is 10.6. The van der Waals surface area contributed by atoms with Gasteiger partial charge in [0.1, 0.15) is 0 Å². The SMILES string of the molecule is CCCCSCc1ccc(Br)s1. The molecular formula is C9H13BrS2. The maximum Gasteiger partial charge on any atom is 0.0701 e. The van der Waals surface area contributed by atoms with E-state index in [-0.39, 0.29) is 0 Å². The highest BCUT2D eigenvalue weighted by atomic mass is 79.9. The Morgan fingerprint density at radius 2 is 2.33 bits per heavy atom. The van der Waals surface area contributed by atoms with E-state index in [1.54, 1.807) is 0 Å². The van der Waals surface area contributed by atoms with Crippen LogP contribution in [0.25, 0.3) is 0 Å². The van der Waals surface area contributed by atoms with Crippen molar-refractivity contribution in [2.45, 2.75) is 25.5 Å². The quantitative estimate of drug-likeness (QED) is 0.704. The molecule has 0 spiro atoms. The topological polar surface area (TPSA) is 0 Å². The molecule has 1 rings (SSSR count). The summed E-state index contributed by atoms with van der Waals surface area (Å²) in [6.07, 6.45) is 2.65. The summed E-state index contributed by atoms with van der Waals surface area (Å²) in [6.45, 7) is 2.24. The van der Waals surface area contributed by atoms with E-state index >= 15 is 0 Å². The lowest BCUT2D eigenvalue weighted by molar-refractivity contribution is 0.896. The van der Waals surface area contributed by atoms with Gasteiger partial charge < -0.3 is 0 Å². The van der Waals surface area contributed by atoms with Crippen molar-refractivity contribution in [3.8, 4) is 0 Å². The lowest BCUT2D eigenvalue weighted by atomic mass is 10.4. The van der Waals surface area contributed by atoms with Gasteiger partial charge in [-0.1, -0.05) is 13.3 Å². The molecule has 0 aliphatic heterocycles. The Kier molecular flexibility index (Phi) is 5.35. The van der Waals surface area contributed by atoms with Gasteiger partial charge in [0.25, 0.3) is 0 Å². The third-order valence-corrected chi connectivity index (χ3v) is 4.41. The Morgan fingerprint density at radius 1 is 1.50 bits per heavy atom. The summed E-state index contributed by atoms with van der Waals surface area (Å²) in [5.41, 5.74) is 0. The van der Waals surface area contributed by atoms with E-state index < -0.39 is 0 Å². The molecule has 0 fully saturated rings. The van der Waals surface area contributed by atoms with Crippen LogP contribution in [-0.4, -0.2) is 5.75 Å². The minimum absolute atomic E-state index is 1.18. The van der Waals surface area contributed by atoms with Crippen LogP contribution in [0.2, 0.25) is 0 Å². The zero-order valence-corrected chi connectivity index (χ0v) is 10.4. The third-order valence-electron chi connectivity index (χ3n) is 1.52. The molecular weight excluding hydrogens is 252 g/mol. The van der Waals surface area contributed by atoms with Crippen LogP contribution in [0.5, 0.6) is 0 Å². The molecule has 0 aromatic carbocycles. The van der Waals surface area contributed by atoms with E-state index in [0.717, 1.165) is 0 Å². The molecule has 0 saturated heterocycles. The summed E-state index contributed by atoms with van der Waals surface area (Å²) < 4.78 is 1.24. The molecule has 1 heterocycles. The zero-order valence-electron chi connectivity index (χ0n) is 7.18. The summed E-state index contributed by atoms with van der Waals surface area (Å²) in [5, 5.41) is 0. The molecule has 0 unspecified atom stereocenters. The van der Waals surface area contributed by atoms with E-state index in [4.69, 9.17) is 0 Å². The van der Waals surface area contributed by atoms with E-state index in [1.807, 2.05) is 23.1 Å². The predicted molar refractivity (Wildman–Crippen MR) is 63.1 cm³/mol. The average molecular weight is 265 g/mol. The maximum absolute atomic E-state index is 3.46. The van der Waals surface area contributed by atoms with Crippen molar-refractivity contribution in [3.63, 3.8) is 0 Å². The summed E-state index contributed by atoms with van der Waals surface area (Å²) in [7, 11) is 0. The largest absolute Gasteiger partial charge is 0.156 e. The van der Waals surface area contributed by atoms with Crippen LogP contribution in [0.3, 0.4) is 0 Å². The highest BCUT2D eigenvalue weighted by Crippen LogP contribution is 2.25. The summed E-state index contributed by atoms with van der Waals surface area (Å²) in [5.74, 6) is 2.47. The second kappa shape index (κ2) is 6.06. The van der Waals surface area contributed by atoms with Gasteiger partial charge in [-0.2, -0.15) is 11.8 Å². The highest BCUT2D eigenvalue weighted by molar-refractivity contribution is 9.11. The fourth-order valence-corrected chi connectivity index (χ4v) is 3.55. The smallest absolute Gasteiger partial charge is 0.0701 e. The molecule has 0 aliphatic rings. The Balaban J connectivity index is 2.15. The molecule has 68 valence electrons. The van der Waals surface area contributed by atoms with Gasteiger partial charge in [-0.05, 0) is 40.2 Å². The number of hydrogen-bond acceptors (Lipinski definition) is 2. The van der Waals surface area contributed by atoms with Crippen LogP contribution in [-0.2, 0) is 5.75 Å². The standard InChI is InChI=1S/C9H13BrS2/c1-2-3-6-11-7-8-4-5-9(10)12-8/h4-5H,2-3,6-7H2,1H3. The van der Waals surface area contributed by atoms with Gasteiger partial charge >= 0.3 is 0 Å². The van der Waals surface area contributed by atoms with Gasteiger partial charge in [-0.3, -0.25) is 0 Å². The molecule has 3 heteroatoms. The summed E-state index contributed by atoms with van der Waals surface area (Å²) in [6, 6.07) is 4.33. The van der Waals surface area contributed by atoms with Crippen molar-refractivity contribution in [3.05, 3.63) is 20.8 Å². The van der Waals surface area contributed by atoms with Gasteiger partial charge in [0.05, 0.1) is 3.79 Å². The molecule has 0 radical (unpaired) electrons. The van der Waals surface area contributed by atoms with Gasteiger partial charge in [0.15, 0.2) is 0 Å². The second-order valence-electron chi connectivity index (χ2n) is 2.61. The van der Waals surface area contributed by atoms with Crippen LogP contribution < -0.4 is 0 Å². The molecule has 0 amide bonds. The number of halogens is 1. The van der Waals surface area contributed by atoms with E-state index in [2.05, 4.69) is 35.0 Å². The summed E-state index contributed by atoms with van der Waals surface area (Å²) in [4.78, 5) is 1.47. The van der Waals surface area contributed by atoms with Gasteiger partial charge in [-0.15, -0.1) is 11.3 Å². The first-order chi connectivity index (χ1) is 5.83. The minimum Gasteiger partial charge on any atom is -0.156 e. The van der Waals surface area contributed by atoms with Crippen molar-refractivity contribution >= 4 is 39.0 Å². The second-order valence-corrected chi connectivity index (χ2v) is 6.26. The lowest BCUT2D eigenvalue weighted by Gasteiger charge is -1.96. The molecule has 1 aromatic heterocycles.